The molecular formula is C64H104N12O4S12Si5. The van der Waals surface area contributed by atoms with Crippen LogP contribution in [-0.2, 0) is 18.9 Å². The first-order valence-electron chi connectivity index (χ1n) is 32.8. The van der Waals surface area contributed by atoms with Gasteiger partial charge in [-0.15, -0.1) is 0 Å². The van der Waals surface area contributed by atoms with E-state index in [9.17, 15) is 63.1 Å². The number of thioether (sulfide) groups is 12. The minimum atomic E-state index is -1.90. The van der Waals surface area contributed by atoms with Gasteiger partial charge in [-0.05, 0) is 167 Å². The molecule has 0 bridgehead atoms. The van der Waals surface area contributed by atoms with E-state index in [4.69, 9.17) is 18.9 Å². The highest BCUT2D eigenvalue weighted by atomic mass is 32.2. The van der Waals surface area contributed by atoms with E-state index in [2.05, 4.69) is 117 Å². The van der Waals surface area contributed by atoms with Crippen LogP contribution in [0, 0.1) is 150 Å². The van der Waals surface area contributed by atoms with Crippen LogP contribution in [0.3, 0.4) is 0 Å². The Hall–Kier alpha value is -0.996. The predicted molar refractivity (Wildman–Crippen MR) is 440 cm³/mol. The zero-order chi connectivity index (χ0) is 72.6. The largest absolute Gasteiger partial charge is 0.381 e. The molecule has 16 nitrogen and oxygen atoms in total. The van der Waals surface area contributed by atoms with Crippen LogP contribution in [0.2, 0.25) is 125 Å². The van der Waals surface area contributed by atoms with Crippen molar-refractivity contribution in [2.45, 2.75) is 176 Å². The van der Waals surface area contributed by atoms with Gasteiger partial charge in [-0.3, -0.25) is 0 Å². The van der Waals surface area contributed by atoms with Gasteiger partial charge in [-0.1, -0.05) is 151 Å². The van der Waals surface area contributed by atoms with Crippen molar-refractivity contribution in [1.29, 1.82) is 63.1 Å². The Kier molecular flexibility index (Phi) is 56.7. The summed E-state index contributed by atoms with van der Waals surface area (Å²) < 4.78 is 25.5. The summed E-state index contributed by atoms with van der Waals surface area (Å²) in [4.78, 5) is 0. The van der Waals surface area contributed by atoms with Crippen molar-refractivity contribution in [2.24, 2.45) is 21.7 Å². The van der Waals surface area contributed by atoms with Gasteiger partial charge in [0.15, 0.2) is 0 Å². The normalized spacial score (nSPS) is 12.2. The zero-order valence-corrected chi connectivity index (χ0v) is 73.5. The van der Waals surface area contributed by atoms with E-state index in [0.29, 0.717) is 122 Å². The summed E-state index contributed by atoms with van der Waals surface area (Å²) in [7, 11) is -8.54. The molecule has 0 rings (SSSR count). The monoisotopic (exact) mass is 1630 g/mol. The minimum absolute atomic E-state index is 0.404. The summed E-state index contributed by atoms with van der Waals surface area (Å²) in [6.07, 6.45) is 8.75. The van der Waals surface area contributed by atoms with Crippen LogP contribution in [-0.4, -0.2) is 162 Å². The lowest BCUT2D eigenvalue weighted by atomic mass is 9.97. The number of nitriles is 12. The van der Waals surface area contributed by atoms with E-state index in [-0.39, 0.29) is 0 Å². The predicted octanol–water partition coefficient (Wildman–Crippen LogP) is 20.0. The maximum atomic E-state index is 9.44. The maximum absolute atomic E-state index is 9.44. The fraction of sp³-hybridized carbons (Fsp3) is 0.812. The van der Waals surface area contributed by atoms with Gasteiger partial charge in [-0.2, -0.15) is 63.1 Å². The van der Waals surface area contributed by atoms with Crippen LogP contribution in [0.15, 0.2) is 0 Å². The molecule has 0 N–H and O–H groups in total. The average molecular weight is 1630 g/mol. The van der Waals surface area contributed by atoms with Crippen molar-refractivity contribution in [2.75, 3.05) is 122 Å². The van der Waals surface area contributed by atoms with Gasteiger partial charge in [0.1, 0.15) is 64.8 Å². The highest BCUT2D eigenvalue weighted by Crippen LogP contribution is 2.41. The third kappa shape index (κ3) is 47.9. The molecular weight excluding hydrogens is 1530 g/mol. The molecule has 33 heteroatoms. The molecule has 0 saturated heterocycles. The van der Waals surface area contributed by atoms with Gasteiger partial charge in [0, 0.05) is 149 Å². The van der Waals surface area contributed by atoms with Gasteiger partial charge < -0.3 is 18.9 Å². The molecule has 536 valence electrons. The van der Waals surface area contributed by atoms with E-state index in [1.54, 1.807) is 0 Å². The third-order valence-electron chi connectivity index (χ3n) is 17.8. The summed E-state index contributed by atoms with van der Waals surface area (Å²) in [6, 6.07) is 14.9. The van der Waals surface area contributed by atoms with Gasteiger partial charge in [0.05, 0.1) is 34.5 Å². The Labute approximate surface area is 641 Å². The van der Waals surface area contributed by atoms with Crippen molar-refractivity contribution in [3.8, 4) is 64.8 Å². The first-order chi connectivity index (χ1) is 46.4. The van der Waals surface area contributed by atoms with Gasteiger partial charge in [-0.25, -0.2) is 0 Å². The Morgan fingerprint density at radius 3 is 0.485 bits per heavy atom. The summed E-state index contributed by atoms with van der Waals surface area (Å²) >= 11 is 13.9. The fourth-order valence-corrected chi connectivity index (χ4v) is 38.0. The highest BCUT2D eigenvalue weighted by molar-refractivity contribution is 8.07. The summed E-state index contributed by atoms with van der Waals surface area (Å²) in [5.74, 6) is 6.02. The summed E-state index contributed by atoms with van der Waals surface area (Å²) in [5.41, 5.74) is -1.81. The molecule has 0 heterocycles. The lowest BCUT2D eigenvalue weighted by Gasteiger charge is -2.37. The lowest BCUT2D eigenvalue weighted by molar-refractivity contribution is 0.0781. The first kappa shape index (κ1) is 96.0. The molecule has 0 saturated carbocycles. The quantitative estimate of drug-likeness (QED) is 0.0310. The lowest BCUT2D eigenvalue weighted by Crippen LogP contribution is -2.38. The summed E-state index contributed by atoms with van der Waals surface area (Å²) in [5, 5.41) is 139. The number of rotatable bonds is 64. The SMILES string of the molecule is C[Si](C)(CCCOCC(CSC#N)(CSC#N)CSC#N)CCC[Si](CCC[Si](C)(C)CCCOCC(CSC#N)(CSC#N)CSC#N)(CCC[Si](C)(C)CCCOCC(CSC#N)(CSC#N)CSC#N)CCC[Si](C)(C)CCCOCC(CSC#N)(CSC#N)CSC#N. The molecule has 0 radical (unpaired) electrons. The highest BCUT2D eigenvalue weighted by Gasteiger charge is 2.38. The first-order valence-corrected chi connectivity index (χ1v) is 61.1. The third-order valence-corrected chi connectivity index (χ3v) is 47.7. The number of thiocyanates is 12. The molecule has 0 aliphatic heterocycles. The van der Waals surface area contributed by atoms with Crippen LogP contribution in [0.25, 0.3) is 0 Å². The van der Waals surface area contributed by atoms with E-state index >= 15 is 0 Å². The topological polar surface area (TPSA) is 322 Å². The average Bonchev–Trinajstić information content (AvgIpc) is 2.26. The maximum Gasteiger partial charge on any atom is 0.133 e. The second-order valence-electron chi connectivity index (χ2n) is 28.8. The summed E-state index contributed by atoms with van der Waals surface area (Å²) in [6.45, 7) is 24.3. The van der Waals surface area contributed by atoms with Crippen molar-refractivity contribution in [3.05, 3.63) is 0 Å². The van der Waals surface area contributed by atoms with E-state index < -0.39 is 62.0 Å². The molecule has 0 aliphatic carbocycles. The number of hydrogen-bond acceptors (Lipinski definition) is 28. The molecule has 0 aromatic rings. The van der Waals surface area contributed by atoms with E-state index in [0.717, 1.165) is 191 Å². The van der Waals surface area contributed by atoms with Crippen LogP contribution in [0.1, 0.15) is 51.4 Å². The Balaban J connectivity index is 7.01. The van der Waals surface area contributed by atoms with E-state index in [1.807, 2.05) is 0 Å². The fourth-order valence-electron chi connectivity index (χ4n) is 12.0. The molecule has 0 amide bonds. The molecule has 0 aromatic heterocycles. The number of hydrogen-bond donors (Lipinski definition) is 0. The molecule has 97 heavy (non-hydrogen) atoms. The Morgan fingerprint density at radius 2 is 0.351 bits per heavy atom. The molecule has 0 fully saturated rings. The molecule has 0 spiro atoms. The minimum Gasteiger partial charge on any atom is -0.381 e. The van der Waals surface area contributed by atoms with Crippen molar-refractivity contribution in [1.82, 2.24) is 0 Å². The second kappa shape index (κ2) is 57.3. The zero-order valence-electron chi connectivity index (χ0n) is 58.7. The molecule has 0 unspecified atom stereocenters. The van der Waals surface area contributed by atoms with Gasteiger partial charge in [0.25, 0.3) is 0 Å². The van der Waals surface area contributed by atoms with Gasteiger partial charge in [0.2, 0.25) is 0 Å². The van der Waals surface area contributed by atoms with Crippen LogP contribution < -0.4 is 0 Å². The molecule has 0 aromatic carbocycles. The van der Waals surface area contributed by atoms with Crippen LogP contribution in [0.5, 0.6) is 0 Å². The Morgan fingerprint density at radius 1 is 0.216 bits per heavy atom. The Bertz CT molecular complexity index is 2200. The standard InChI is InChI=1S/C64H104N12O4S12Si5/c1-93(2,21-9-17-77-33-61(37-81-49-65,38-82-50-66)39-83-51-67)25-13-29-97(30-14-26-94(3,4)22-10-18-78-34-62(40-84-52-68,41-85-53-69)42-86-54-70,31-15-27-95(5,6)23-11-19-79-35-63(43-87-55-71,44-88-56-72)45-89-57-73)32-16-28-96(7,8)24-12-20-80-36-64(46-90-58-74,47-91-59-75)48-92-60-76/h9-48H2,1-8H3. The van der Waals surface area contributed by atoms with Crippen LogP contribution >= 0.6 is 141 Å². The second-order valence-corrected chi connectivity index (χ2v) is 64.2. The van der Waals surface area contributed by atoms with Gasteiger partial charge >= 0.3 is 0 Å². The van der Waals surface area contributed by atoms with Crippen molar-refractivity contribution >= 4 is 182 Å². The molecule has 0 aliphatic rings. The van der Waals surface area contributed by atoms with Crippen molar-refractivity contribution < 1.29 is 18.9 Å². The van der Waals surface area contributed by atoms with Crippen molar-refractivity contribution in [3.63, 3.8) is 0 Å². The number of nitrogens with zero attached hydrogens (tertiary/aromatic N) is 12. The number of ether oxygens (including phenoxy) is 4. The molecule has 0 atom stereocenters. The van der Waals surface area contributed by atoms with Crippen LogP contribution in [0.4, 0.5) is 0 Å². The smallest absolute Gasteiger partial charge is 0.133 e. The van der Waals surface area contributed by atoms with E-state index in [1.165, 1.54) is 74.0 Å².